The fourth-order valence-electron chi connectivity index (χ4n) is 0.686. The zero-order chi connectivity index (χ0) is 8.27. The SMILES string of the molecule is COCc1ncc(Cl)cc1Cl. The Balaban J connectivity index is 2.90. The maximum Gasteiger partial charge on any atom is 0.0899 e. The first-order valence-electron chi connectivity index (χ1n) is 3.03. The number of aromatic nitrogens is 1. The molecule has 0 unspecified atom stereocenters. The van der Waals surface area contributed by atoms with Crippen LogP contribution in [0.5, 0.6) is 0 Å². The number of methoxy groups -OCH3 is 1. The van der Waals surface area contributed by atoms with Gasteiger partial charge in [-0.25, -0.2) is 0 Å². The van der Waals surface area contributed by atoms with Gasteiger partial charge in [-0.2, -0.15) is 0 Å². The summed E-state index contributed by atoms with van der Waals surface area (Å²) in [5.74, 6) is 0. The van der Waals surface area contributed by atoms with Crippen molar-refractivity contribution in [1.29, 1.82) is 0 Å². The van der Waals surface area contributed by atoms with Gasteiger partial charge in [-0.15, -0.1) is 0 Å². The third kappa shape index (κ3) is 2.33. The third-order valence-electron chi connectivity index (χ3n) is 1.17. The summed E-state index contributed by atoms with van der Waals surface area (Å²) in [6.45, 7) is 0.413. The van der Waals surface area contributed by atoms with Gasteiger partial charge < -0.3 is 4.74 Å². The molecular formula is C7H7Cl2NO. The molecule has 2 nitrogen and oxygen atoms in total. The lowest BCUT2D eigenvalue weighted by Crippen LogP contribution is -1.92. The van der Waals surface area contributed by atoms with Gasteiger partial charge in [-0.3, -0.25) is 4.98 Å². The van der Waals surface area contributed by atoms with Crippen molar-refractivity contribution in [2.24, 2.45) is 0 Å². The van der Waals surface area contributed by atoms with E-state index in [9.17, 15) is 0 Å². The highest BCUT2D eigenvalue weighted by molar-refractivity contribution is 6.34. The van der Waals surface area contributed by atoms with Gasteiger partial charge in [0.05, 0.1) is 22.3 Å². The first-order valence-corrected chi connectivity index (χ1v) is 3.78. The summed E-state index contributed by atoms with van der Waals surface area (Å²) >= 11 is 11.4. The largest absolute Gasteiger partial charge is 0.378 e. The molecule has 0 aliphatic rings. The molecule has 0 radical (unpaired) electrons. The molecular weight excluding hydrogens is 185 g/mol. The van der Waals surface area contributed by atoms with Gasteiger partial charge in [0.2, 0.25) is 0 Å². The number of rotatable bonds is 2. The van der Waals surface area contributed by atoms with Crippen LogP contribution in [-0.2, 0) is 11.3 Å². The van der Waals surface area contributed by atoms with Crippen molar-refractivity contribution in [1.82, 2.24) is 4.98 Å². The Bertz CT molecular complexity index is 252. The molecule has 0 aliphatic heterocycles. The molecule has 0 fully saturated rings. The molecule has 0 N–H and O–H groups in total. The predicted molar refractivity (Wildman–Crippen MR) is 45.0 cm³/mol. The van der Waals surface area contributed by atoms with Crippen LogP contribution in [0.3, 0.4) is 0 Å². The molecule has 1 aromatic rings. The summed E-state index contributed by atoms with van der Waals surface area (Å²) in [5, 5.41) is 1.08. The topological polar surface area (TPSA) is 22.1 Å². The molecule has 1 aromatic heterocycles. The van der Waals surface area contributed by atoms with E-state index >= 15 is 0 Å². The van der Waals surface area contributed by atoms with E-state index in [-0.39, 0.29) is 0 Å². The summed E-state index contributed by atoms with van der Waals surface area (Å²) in [6, 6.07) is 1.64. The number of halogens is 2. The van der Waals surface area contributed by atoms with Crippen LogP contribution in [0.25, 0.3) is 0 Å². The lowest BCUT2D eigenvalue weighted by Gasteiger charge is -2.00. The molecule has 0 aromatic carbocycles. The van der Waals surface area contributed by atoms with Crippen molar-refractivity contribution in [3.8, 4) is 0 Å². The monoisotopic (exact) mass is 191 g/mol. The van der Waals surface area contributed by atoms with Crippen molar-refractivity contribution >= 4 is 23.2 Å². The Morgan fingerprint density at radius 2 is 2.27 bits per heavy atom. The maximum atomic E-state index is 5.78. The van der Waals surface area contributed by atoms with E-state index in [2.05, 4.69) is 4.98 Å². The Morgan fingerprint density at radius 3 is 2.82 bits per heavy atom. The Labute approximate surface area is 75.1 Å². The summed E-state index contributed by atoms with van der Waals surface area (Å²) in [6.07, 6.45) is 1.54. The van der Waals surface area contributed by atoms with Crippen molar-refractivity contribution in [2.75, 3.05) is 7.11 Å². The van der Waals surface area contributed by atoms with Gasteiger partial charge in [0.25, 0.3) is 0 Å². The molecule has 0 aliphatic carbocycles. The molecule has 11 heavy (non-hydrogen) atoms. The Kier molecular flexibility index (Phi) is 3.12. The molecule has 0 spiro atoms. The number of ether oxygens (including phenoxy) is 1. The van der Waals surface area contributed by atoms with E-state index in [0.717, 1.165) is 0 Å². The molecule has 0 bridgehead atoms. The number of nitrogens with zero attached hydrogens (tertiary/aromatic N) is 1. The third-order valence-corrected chi connectivity index (χ3v) is 1.70. The van der Waals surface area contributed by atoms with Crippen LogP contribution < -0.4 is 0 Å². The fourth-order valence-corrected chi connectivity index (χ4v) is 1.12. The quantitative estimate of drug-likeness (QED) is 0.718. The van der Waals surface area contributed by atoms with Gasteiger partial charge in [-0.1, -0.05) is 23.2 Å². The molecule has 60 valence electrons. The predicted octanol–water partition coefficient (Wildman–Crippen LogP) is 2.53. The number of hydrogen-bond donors (Lipinski definition) is 0. The van der Waals surface area contributed by atoms with Gasteiger partial charge in [-0.05, 0) is 6.07 Å². The smallest absolute Gasteiger partial charge is 0.0899 e. The van der Waals surface area contributed by atoms with E-state index in [4.69, 9.17) is 27.9 Å². The van der Waals surface area contributed by atoms with E-state index < -0.39 is 0 Å². The van der Waals surface area contributed by atoms with Crippen LogP contribution in [0.15, 0.2) is 12.3 Å². The summed E-state index contributed by atoms with van der Waals surface area (Å²) in [5.41, 5.74) is 0.707. The van der Waals surface area contributed by atoms with E-state index in [1.165, 1.54) is 0 Å². The van der Waals surface area contributed by atoms with E-state index in [1.807, 2.05) is 0 Å². The second kappa shape index (κ2) is 3.90. The lowest BCUT2D eigenvalue weighted by atomic mass is 10.4. The minimum absolute atomic E-state index is 0.413. The van der Waals surface area contributed by atoms with Crippen LogP contribution >= 0.6 is 23.2 Å². The van der Waals surface area contributed by atoms with Crippen molar-refractivity contribution in [2.45, 2.75) is 6.61 Å². The average Bonchev–Trinajstić information content (AvgIpc) is 1.95. The van der Waals surface area contributed by atoms with Gasteiger partial charge in [0.1, 0.15) is 0 Å². The van der Waals surface area contributed by atoms with Crippen molar-refractivity contribution in [3.63, 3.8) is 0 Å². The molecule has 0 amide bonds. The normalized spacial score (nSPS) is 10.1. The zero-order valence-electron chi connectivity index (χ0n) is 5.97. The zero-order valence-corrected chi connectivity index (χ0v) is 7.49. The molecule has 0 saturated heterocycles. The van der Waals surface area contributed by atoms with Gasteiger partial charge in [0.15, 0.2) is 0 Å². The van der Waals surface area contributed by atoms with Crippen molar-refractivity contribution < 1.29 is 4.74 Å². The molecule has 0 atom stereocenters. The number of pyridine rings is 1. The molecule has 0 saturated carbocycles. The first kappa shape index (κ1) is 8.78. The highest BCUT2D eigenvalue weighted by Gasteiger charge is 2.00. The maximum absolute atomic E-state index is 5.78. The van der Waals surface area contributed by atoms with Crippen LogP contribution in [-0.4, -0.2) is 12.1 Å². The molecule has 4 heteroatoms. The minimum Gasteiger partial charge on any atom is -0.378 e. The molecule has 1 rings (SSSR count). The van der Waals surface area contributed by atoms with Gasteiger partial charge >= 0.3 is 0 Å². The number of hydrogen-bond acceptors (Lipinski definition) is 2. The second-order valence-corrected chi connectivity index (χ2v) is 2.86. The highest BCUT2D eigenvalue weighted by atomic mass is 35.5. The summed E-state index contributed by atoms with van der Waals surface area (Å²) in [4.78, 5) is 3.98. The minimum atomic E-state index is 0.413. The Morgan fingerprint density at radius 1 is 1.55 bits per heavy atom. The summed E-state index contributed by atoms with van der Waals surface area (Å²) in [7, 11) is 1.59. The second-order valence-electron chi connectivity index (χ2n) is 2.02. The van der Waals surface area contributed by atoms with Gasteiger partial charge in [0, 0.05) is 13.3 Å². The highest BCUT2D eigenvalue weighted by Crippen LogP contribution is 2.18. The fraction of sp³-hybridized carbons (Fsp3) is 0.286. The average molecular weight is 192 g/mol. The van der Waals surface area contributed by atoms with E-state index in [0.29, 0.717) is 22.3 Å². The summed E-state index contributed by atoms with van der Waals surface area (Å²) < 4.78 is 4.86. The standard InChI is InChI=1S/C7H7Cl2NO/c1-11-4-7-6(9)2-5(8)3-10-7/h2-3H,4H2,1H3. The first-order chi connectivity index (χ1) is 5.24. The molecule has 1 heterocycles. The van der Waals surface area contributed by atoms with Crippen LogP contribution in [0.2, 0.25) is 10.0 Å². The lowest BCUT2D eigenvalue weighted by molar-refractivity contribution is 0.181. The van der Waals surface area contributed by atoms with E-state index in [1.54, 1.807) is 19.4 Å². The van der Waals surface area contributed by atoms with Crippen molar-refractivity contribution in [3.05, 3.63) is 28.0 Å². The van der Waals surface area contributed by atoms with Crippen LogP contribution in [0.1, 0.15) is 5.69 Å². The van der Waals surface area contributed by atoms with Crippen LogP contribution in [0.4, 0.5) is 0 Å². The Hall–Kier alpha value is -0.310. The van der Waals surface area contributed by atoms with Crippen LogP contribution in [0, 0.1) is 0 Å².